The molecule has 0 bridgehead atoms. The minimum absolute atomic E-state index is 0.00207. The first-order valence-electron chi connectivity index (χ1n) is 13.6. The van der Waals surface area contributed by atoms with Gasteiger partial charge >= 0.3 is 12.3 Å². The van der Waals surface area contributed by atoms with Gasteiger partial charge in [0.2, 0.25) is 11.7 Å². The smallest absolute Gasteiger partial charge is 0.407 e. The highest BCUT2D eigenvalue weighted by Gasteiger charge is 2.34. The second-order valence-electron chi connectivity index (χ2n) is 11.4. The molecule has 0 unspecified atom stereocenters. The van der Waals surface area contributed by atoms with Crippen molar-refractivity contribution in [2.45, 2.75) is 64.2 Å². The van der Waals surface area contributed by atoms with Crippen molar-refractivity contribution in [3.63, 3.8) is 0 Å². The minimum atomic E-state index is -4.59. The summed E-state index contributed by atoms with van der Waals surface area (Å²) < 4.78 is 63.9. The number of nitrogens with zero attached hydrogens (tertiary/aromatic N) is 5. The highest BCUT2D eigenvalue weighted by atomic mass is 19.4. The third kappa shape index (κ3) is 6.60. The van der Waals surface area contributed by atoms with Gasteiger partial charge in [0, 0.05) is 42.1 Å². The second kappa shape index (κ2) is 11.3. The molecule has 230 valence electrons. The van der Waals surface area contributed by atoms with Crippen molar-refractivity contribution in [3.05, 3.63) is 54.2 Å². The number of piperidine rings is 1. The summed E-state index contributed by atoms with van der Waals surface area (Å²) in [6, 6.07) is 6.80. The number of anilines is 1. The molecule has 11 nitrogen and oxygen atoms in total. The number of amides is 2. The topological polar surface area (TPSA) is 130 Å². The molecule has 4 aromatic rings. The number of carbonyl (C=O) groups is 2. The Hall–Kier alpha value is -4.56. The maximum atomic E-state index is 14.7. The molecule has 1 aliphatic heterocycles. The van der Waals surface area contributed by atoms with Crippen molar-refractivity contribution >= 4 is 28.6 Å². The first-order chi connectivity index (χ1) is 20.2. The van der Waals surface area contributed by atoms with E-state index >= 15 is 0 Å². The van der Waals surface area contributed by atoms with Crippen LogP contribution in [0, 0.1) is 0 Å². The molecule has 4 heterocycles. The number of nitrogens with one attached hydrogen (secondary N) is 2. The Bertz CT molecular complexity index is 1640. The van der Waals surface area contributed by atoms with E-state index in [1.807, 2.05) is 25.3 Å². The van der Waals surface area contributed by atoms with Gasteiger partial charge in [-0.1, -0.05) is 11.2 Å². The zero-order valence-electron chi connectivity index (χ0n) is 23.7. The van der Waals surface area contributed by atoms with E-state index < -0.39 is 31.0 Å². The molecule has 0 spiro atoms. The van der Waals surface area contributed by atoms with Crippen molar-refractivity contribution in [1.29, 1.82) is 0 Å². The number of carbonyl (C=O) groups excluding carboxylic acids is 1. The zero-order chi connectivity index (χ0) is 31.1. The normalized spacial score (nSPS) is 17.8. The van der Waals surface area contributed by atoms with Crippen molar-refractivity contribution < 1.29 is 36.8 Å². The molecule has 5 rings (SSSR count). The number of hydrogen-bond acceptors (Lipinski definition) is 6. The summed E-state index contributed by atoms with van der Waals surface area (Å²) in [7, 11) is 0. The lowest BCUT2D eigenvalue weighted by Gasteiger charge is -2.34. The third-order valence-corrected chi connectivity index (χ3v) is 7.25. The number of hydrogen-bond donors (Lipinski definition) is 3. The van der Waals surface area contributed by atoms with Crippen LogP contribution in [0.25, 0.3) is 22.4 Å². The van der Waals surface area contributed by atoms with E-state index in [2.05, 4.69) is 20.8 Å². The highest BCUT2D eigenvalue weighted by molar-refractivity contribution is 5.96. The SMILES string of the molecule is CC(C)(C)n1ccc(C(=O)NCc2nc(-c3cc4c(N[C@@H]5CN(C(=O)O)CC[C@@H]5F)cccc4n3CC(F)(F)F)no2)c1. The first-order valence-corrected chi connectivity index (χ1v) is 13.6. The Morgan fingerprint density at radius 2 is 1.95 bits per heavy atom. The number of halogens is 4. The van der Waals surface area contributed by atoms with Gasteiger partial charge in [0.1, 0.15) is 12.7 Å². The lowest BCUT2D eigenvalue weighted by Crippen LogP contribution is -2.50. The van der Waals surface area contributed by atoms with Crippen molar-refractivity contribution in [3.8, 4) is 11.5 Å². The average Bonchev–Trinajstić information content (AvgIpc) is 3.67. The van der Waals surface area contributed by atoms with Gasteiger partial charge in [-0.3, -0.25) is 4.79 Å². The average molecular weight is 606 g/mol. The van der Waals surface area contributed by atoms with Crippen LogP contribution in [-0.2, 0) is 18.6 Å². The summed E-state index contributed by atoms with van der Waals surface area (Å²) in [6.45, 7) is 4.39. The predicted octanol–water partition coefficient (Wildman–Crippen LogP) is 5.24. The molecular weight excluding hydrogens is 574 g/mol. The highest BCUT2D eigenvalue weighted by Crippen LogP contribution is 2.35. The predicted molar refractivity (Wildman–Crippen MR) is 148 cm³/mol. The van der Waals surface area contributed by atoms with Gasteiger partial charge in [-0.05, 0) is 51.5 Å². The first kappa shape index (κ1) is 29.9. The number of fused-ring (bicyclic) bond motifs is 1. The number of benzene rings is 1. The van der Waals surface area contributed by atoms with Crippen LogP contribution in [0.1, 0.15) is 43.4 Å². The number of carboxylic acid groups (broad SMARTS) is 1. The fraction of sp³-hybridized carbons (Fsp3) is 0.429. The van der Waals surface area contributed by atoms with Crippen molar-refractivity contribution in [1.82, 2.24) is 29.5 Å². The molecule has 3 N–H and O–H groups in total. The Morgan fingerprint density at radius 1 is 1.19 bits per heavy atom. The van der Waals surface area contributed by atoms with E-state index in [4.69, 9.17) is 4.52 Å². The van der Waals surface area contributed by atoms with Crippen LogP contribution in [0.15, 0.2) is 47.2 Å². The van der Waals surface area contributed by atoms with E-state index in [1.54, 1.807) is 24.5 Å². The maximum absolute atomic E-state index is 14.7. The minimum Gasteiger partial charge on any atom is -0.465 e. The molecule has 2 atom stereocenters. The lowest BCUT2D eigenvalue weighted by atomic mass is 10.0. The number of rotatable bonds is 7. The van der Waals surface area contributed by atoms with Crippen LogP contribution >= 0.6 is 0 Å². The molecule has 15 heteroatoms. The summed E-state index contributed by atoms with van der Waals surface area (Å²) in [5.74, 6) is -0.537. The molecule has 1 aromatic carbocycles. The van der Waals surface area contributed by atoms with Crippen molar-refractivity contribution in [2.75, 3.05) is 18.4 Å². The fourth-order valence-electron chi connectivity index (χ4n) is 5.01. The molecular formula is C28H31F4N7O4. The largest absolute Gasteiger partial charge is 0.465 e. The van der Waals surface area contributed by atoms with Crippen LogP contribution < -0.4 is 10.6 Å². The van der Waals surface area contributed by atoms with Crippen LogP contribution in [0.2, 0.25) is 0 Å². The zero-order valence-corrected chi connectivity index (χ0v) is 23.7. The number of likely N-dealkylation sites (tertiary alicyclic amines) is 1. The van der Waals surface area contributed by atoms with Crippen LogP contribution in [0.5, 0.6) is 0 Å². The molecule has 3 aromatic heterocycles. The summed E-state index contributed by atoms with van der Waals surface area (Å²) in [5.41, 5.74) is 0.713. The quantitative estimate of drug-likeness (QED) is 0.246. The summed E-state index contributed by atoms with van der Waals surface area (Å²) in [4.78, 5) is 29.4. The van der Waals surface area contributed by atoms with Crippen LogP contribution in [0.3, 0.4) is 0 Å². The summed E-state index contributed by atoms with van der Waals surface area (Å²) in [6.07, 6.45) is -3.65. The van der Waals surface area contributed by atoms with Crippen LogP contribution in [0.4, 0.5) is 28.0 Å². The van der Waals surface area contributed by atoms with Gasteiger partial charge in [-0.2, -0.15) is 18.2 Å². The van der Waals surface area contributed by atoms with Gasteiger partial charge < -0.3 is 34.3 Å². The molecule has 0 radical (unpaired) electrons. The fourth-order valence-corrected chi connectivity index (χ4v) is 5.01. The standard InChI is InChI=1S/C28H31F4N7O4/c1-27(2,3)38-10-7-16(13-38)25(40)33-12-23-35-24(36-43-23)22-11-17-19(5-4-6-21(17)39(22)15-28(30,31)32)34-20-14-37(26(41)42)9-8-18(20)29/h4-7,10-11,13,18,20,34H,8-9,12,14-15H2,1-3H3,(H,33,40)(H,41,42)/t18-,20+/m0/s1. The molecule has 43 heavy (non-hydrogen) atoms. The number of alkyl halides is 4. The van der Waals surface area contributed by atoms with Gasteiger partial charge in [0.25, 0.3) is 5.91 Å². The van der Waals surface area contributed by atoms with Crippen LogP contribution in [-0.4, -0.2) is 72.8 Å². The van der Waals surface area contributed by atoms with Gasteiger partial charge in [0.15, 0.2) is 0 Å². The van der Waals surface area contributed by atoms with E-state index in [1.165, 1.54) is 18.2 Å². The Kier molecular flexibility index (Phi) is 7.84. The van der Waals surface area contributed by atoms with Gasteiger partial charge in [-0.15, -0.1) is 0 Å². The van der Waals surface area contributed by atoms with Gasteiger partial charge in [-0.25, -0.2) is 9.18 Å². The van der Waals surface area contributed by atoms with E-state index in [9.17, 15) is 32.3 Å². The molecule has 2 amide bonds. The lowest BCUT2D eigenvalue weighted by molar-refractivity contribution is -0.139. The Labute approximate surface area is 243 Å². The molecule has 1 fully saturated rings. The number of aromatic nitrogens is 4. The van der Waals surface area contributed by atoms with Gasteiger partial charge in [0.05, 0.1) is 29.4 Å². The second-order valence-corrected chi connectivity index (χ2v) is 11.4. The maximum Gasteiger partial charge on any atom is 0.407 e. The third-order valence-electron chi connectivity index (χ3n) is 7.25. The summed E-state index contributed by atoms with van der Waals surface area (Å²) >= 11 is 0. The molecule has 1 saturated heterocycles. The van der Waals surface area contributed by atoms with E-state index in [0.717, 1.165) is 9.47 Å². The monoisotopic (exact) mass is 605 g/mol. The van der Waals surface area contributed by atoms with E-state index in [-0.39, 0.29) is 60.4 Å². The Balaban J connectivity index is 1.41. The van der Waals surface area contributed by atoms with Crippen molar-refractivity contribution in [2.24, 2.45) is 0 Å². The molecule has 0 saturated carbocycles. The molecule has 1 aliphatic rings. The molecule has 0 aliphatic carbocycles. The Morgan fingerprint density at radius 3 is 2.63 bits per heavy atom. The van der Waals surface area contributed by atoms with E-state index in [0.29, 0.717) is 16.6 Å². The summed E-state index contributed by atoms with van der Waals surface area (Å²) in [5, 5.41) is 19.2.